The molecule has 0 radical (unpaired) electrons. The van der Waals surface area contributed by atoms with Crippen LogP contribution in [0.25, 0.3) is 0 Å². The fourth-order valence-corrected chi connectivity index (χ4v) is 4.18. The first-order valence-corrected chi connectivity index (χ1v) is 9.60. The van der Waals surface area contributed by atoms with E-state index in [-0.39, 0.29) is 22.5 Å². The highest BCUT2D eigenvalue weighted by atomic mass is 32.2. The van der Waals surface area contributed by atoms with E-state index in [9.17, 15) is 22.8 Å². The number of hydrogen-bond acceptors (Lipinski definition) is 5. The van der Waals surface area contributed by atoms with Crippen LogP contribution in [0.4, 0.5) is 5.69 Å². The number of carbonyl (C=O) groups is 3. The molecule has 2 saturated heterocycles. The minimum Gasteiger partial charge on any atom is -0.352 e. The minimum absolute atomic E-state index is 0.00479. The van der Waals surface area contributed by atoms with Crippen molar-refractivity contribution in [3.8, 4) is 0 Å². The van der Waals surface area contributed by atoms with Gasteiger partial charge in [0.25, 0.3) is 0 Å². The highest BCUT2D eigenvalue weighted by molar-refractivity contribution is 7.89. The zero-order valence-corrected chi connectivity index (χ0v) is 15.2. The molecule has 2 aliphatic rings. The van der Waals surface area contributed by atoms with Crippen molar-refractivity contribution in [1.29, 1.82) is 0 Å². The molecule has 2 heterocycles. The van der Waals surface area contributed by atoms with Crippen LogP contribution in [0.3, 0.4) is 0 Å². The van der Waals surface area contributed by atoms with Gasteiger partial charge in [0.05, 0.1) is 10.9 Å². The van der Waals surface area contributed by atoms with Crippen molar-refractivity contribution in [1.82, 2.24) is 14.5 Å². The highest BCUT2D eigenvalue weighted by Crippen LogP contribution is 2.27. The second-order valence-corrected chi connectivity index (χ2v) is 8.63. The zero-order chi connectivity index (χ0) is 19.1. The number of hydrogen-bond donors (Lipinski definition) is 2. The smallest absolute Gasteiger partial charge is 0.313 e. The van der Waals surface area contributed by atoms with E-state index in [0.717, 1.165) is 4.31 Å². The minimum atomic E-state index is -3.66. The summed E-state index contributed by atoms with van der Waals surface area (Å²) in [6.07, 6.45) is 1.20. The SMILES string of the molecule is CN(C)S(=O)(=O)c1cccc(NC(=O)C(=O)N2C3CCC2C(=O)NC3)c1. The summed E-state index contributed by atoms with van der Waals surface area (Å²) < 4.78 is 25.4. The number of piperazine rings is 1. The van der Waals surface area contributed by atoms with Gasteiger partial charge in [0.2, 0.25) is 15.9 Å². The van der Waals surface area contributed by atoms with E-state index >= 15 is 0 Å². The first kappa shape index (κ1) is 18.3. The molecule has 0 aromatic heterocycles. The molecule has 2 aliphatic heterocycles. The Morgan fingerprint density at radius 3 is 2.69 bits per heavy atom. The van der Waals surface area contributed by atoms with Gasteiger partial charge in [-0.3, -0.25) is 14.4 Å². The zero-order valence-electron chi connectivity index (χ0n) is 14.4. The number of benzene rings is 1. The molecular weight excluding hydrogens is 360 g/mol. The second-order valence-electron chi connectivity index (χ2n) is 6.47. The summed E-state index contributed by atoms with van der Waals surface area (Å²) in [5.41, 5.74) is 0.195. The third-order valence-electron chi connectivity index (χ3n) is 4.62. The van der Waals surface area contributed by atoms with E-state index in [2.05, 4.69) is 10.6 Å². The van der Waals surface area contributed by atoms with Crippen molar-refractivity contribution in [2.24, 2.45) is 0 Å². The van der Waals surface area contributed by atoms with Gasteiger partial charge in [-0.25, -0.2) is 12.7 Å². The maximum absolute atomic E-state index is 12.5. The van der Waals surface area contributed by atoms with Crippen LogP contribution in [0.1, 0.15) is 12.8 Å². The van der Waals surface area contributed by atoms with Crippen LogP contribution in [0.2, 0.25) is 0 Å². The van der Waals surface area contributed by atoms with Crippen molar-refractivity contribution < 1.29 is 22.8 Å². The molecule has 140 valence electrons. The van der Waals surface area contributed by atoms with Crippen molar-refractivity contribution >= 4 is 33.4 Å². The average Bonchev–Trinajstić information content (AvgIpc) is 2.93. The first-order valence-electron chi connectivity index (χ1n) is 8.16. The van der Waals surface area contributed by atoms with E-state index in [1.54, 1.807) is 0 Å². The fourth-order valence-electron chi connectivity index (χ4n) is 3.23. The van der Waals surface area contributed by atoms with E-state index in [0.29, 0.717) is 19.4 Å². The quantitative estimate of drug-likeness (QED) is 0.677. The van der Waals surface area contributed by atoms with Gasteiger partial charge in [0.15, 0.2) is 0 Å². The van der Waals surface area contributed by atoms with E-state index < -0.39 is 27.9 Å². The van der Waals surface area contributed by atoms with Crippen LogP contribution in [0, 0.1) is 0 Å². The maximum Gasteiger partial charge on any atom is 0.313 e. The summed E-state index contributed by atoms with van der Waals surface area (Å²) in [5, 5.41) is 5.15. The Hall–Kier alpha value is -2.46. The van der Waals surface area contributed by atoms with Gasteiger partial charge in [-0.15, -0.1) is 0 Å². The Morgan fingerprint density at radius 2 is 2.00 bits per heavy atom. The Kier molecular flexibility index (Phi) is 4.72. The predicted octanol–water partition coefficient (Wildman–Crippen LogP) is -0.635. The van der Waals surface area contributed by atoms with Gasteiger partial charge in [0.1, 0.15) is 6.04 Å². The molecule has 1 aromatic carbocycles. The molecule has 1 aromatic rings. The monoisotopic (exact) mass is 380 g/mol. The van der Waals surface area contributed by atoms with Crippen molar-refractivity contribution in [2.45, 2.75) is 29.8 Å². The number of anilines is 1. The van der Waals surface area contributed by atoms with Crippen LogP contribution < -0.4 is 10.6 Å². The van der Waals surface area contributed by atoms with Crippen LogP contribution in [-0.2, 0) is 24.4 Å². The molecule has 2 fully saturated rings. The number of fused-ring (bicyclic) bond motifs is 2. The number of amides is 3. The maximum atomic E-state index is 12.5. The lowest BCUT2D eigenvalue weighted by molar-refractivity contribution is -0.149. The third kappa shape index (κ3) is 3.17. The molecule has 2 unspecified atom stereocenters. The lowest BCUT2D eigenvalue weighted by Crippen LogP contribution is -2.59. The molecule has 2 N–H and O–H groups in total. The number of rotatable bonds is 3. The summed E-state index contributed by atoms with van der Waals surface area (Å²) in [6.45, 7) is 0.338. The van der Waals surface area contributed by atoms with Crippen molar-refractivity contribution in [3.63, 3.8) is 0 Å². The summed E-state index contributed by atoms with van der Waals surface area (Å²) >= 11 is 0. The van der Waals surface area contributed by atoms with Crippen LogP contribution in [0.5, 0.6) is 0 Å². The molecule has 2 bridgehead atoms. The molecular formula is C16H20N4O5S. The molecule has 26 heavy (non-hydrogen) atoms. The molecule has 10 heteroatoms. The lowest BCUT2D eigenvalue weighted by Gasteiger charge is -2.33. The Labute approximate surface area is 151 Å². The van der Waals surface area contributed by atoms with Gasteiger partial charge in [-0.2, -0.15) is 0 Å². The summed E-state index contributed by atoms with van der Waals surface area (Å²) in [6, 6.07) is 4.87. The van der Waals surface area contributed by atoms with Gasteiger partial charge >= 0.3 is 11.8 Å². The highest BCUT2D eigenvalue weighted by Gasteiger charge is 2.46. The molecule has 3 amide bonds. The second kappa shape index (κ2) is 6.69. The van der Waals surface area contributed by atoms with Gasteiger partial charge in [0, 0.05) is 26.3 Å². The number of carbonyl (C=O) groups excluding carboxylic acids is 3. The lowest BCUT2D eigenvalue weighted by atomic mass is 10.2. The number of nitrogens with one attached hydrogen (secondary N) is 2. The predicted molar refractivity (Wildman–Crippen MR) is 92.6 cm³/mol. The Balaban J connectivity index is 1.76. The van der Waals surface area contributed by atoms with Crippen molar-refractivity contribution in [3.05, 3.63) is 24.3 Å². The Morgan fingerprint density at radius 1 is 1.27 bits per heavy atom. The molecule has 0 spiro atoms. The fraction of sp³-hybridized carbons (Fsp3) is 0.438. The normalized spacial score (nSPS) is 22.3. The first-order chi connectivity index (χ1) is 12.2. The van der Waals surface area contributed by atoms with E-state index in [4.69, 9.17) is 0 Å². The third-order valence-corrected chi connectivity index (χ3v) is 6.43. The van der Waals surface area contributed by atoms with Crippen molar-refractivity contribution in [2.75, 3.05) is 26.0 Å². The summed E-state index contributed by atoms with van der Waals surface area (Å²) in [5.74, 6) is -1.93. The van der Waals surface area contributed by atoms with Gasteiger partial charge < -0.3 is 15.5 Å². The largest absolute Gasteiger partial charge is 0.352 e. The van der Waals surface area contributed by atoms with Crippen LogP contribution in [0.15, 0.2) is 29.2 Å². The molecule has 2 atom stereocenters. The molecule has 0 saturated carbocycles. The molecule has 3 rings (SSSR count). The topological polar surface area (TPSA) is 116 Å². The number of nitrogens with zero attached hydrogens (tertiary/aromatic N) is 2. The summed E-state index contributed by atoms with van der Waals surface area (Å²) in [4.78, 5) is 38.0. The van der Waals surface area contributed by atoms with E-state index in [1.165, 1.54) is 43.3 Å². The molecule has 0 aliphatic carbocycles. The van der Waals surface area contributed by atoms with Crippen LogP contribution in [-0.4, -0.2) is 68.1 Å². The van der Waals surface area contributed by atoms with Gasteiger partial charge in [-0.05, 0) is 31.0 Å². The van der Waals surface area contributed by atoms with Crippen LogP contribution >= 0.6 is 0 Å². The average molecular weight is 380 g/mol. The summed E-state index contributed by atoms with van der Waals surface area (Å²) in [7, 11) is -0.849. The molecule has 9 nitrogen and oxygen atoms in total. The van der Waals surface area contributed by atoms with E-state index in [1.807, 2.05) is 0 Å². The number of sulfonamides is 1. The van der Waals surface area contributed by atoms with Gasteiger partial charge in [-0.1, -0.05) is 6.07 Å². The standard InChI is InChI=1S/C16H20N4O5S/c1-19(2)26(24,25)12-5-3-4-10(8-12)18-15(22)16(23)20-11-6-7-13(20)14(21)17-9-11/h3-5,8,11,13H,6-7,9H2,1-2H3,(H,17,21)(H,18,22). The Bertz CT molecular complexity index is 867.